The number of halogens is 1. The van der Waals surface area contributed by atoms with Gasteiger partial charge in [0.2, 0.25) is 0 Å². The van der Waals surface area contributed by atoms with Gasteiger partial charge in [-0.05, 0) is 38.3 Å². The molecule has 0 fully saturated rings. The lowest BCUT2D eigenvalue weighted by Crippen LogP contribution is -2.33. The number of aromatic nitrogens is 2. The number of amides is 1. The van der Waals surface area contributed by atoms with E-state index in [1.807, 2.05) is 44.2 Å². The Morgan fingerprint density at radius 3 is 2.50 bits per heavy atom. The molecule has 1 unspecified atom stereocenters. The van der Waals surface area contributed by atoms with Crippen molar-refractivity contribution in [1.29, 1.82) is 0 Å². The van der Waals surface area contributed by atoms with E-state index in [-0.39, 0.29) is 11.9 Å². The van der Waals surface area contributed by atoms with Crippen molar-refractivity contribution < 1.29 is 4.79 Å². The smallest absolute Gasteiger partial charge is 0.256 e. The Bertz CT molecular complexity index is 679. The first-order valence-electron chi connectivity index (χ1n) is 8.51. The summed E-state index contributed by atoms with van der Waals surface area (Å²) >= 11 is 6.43. The van der Waals surface area contributed by atoms with Crippen molar-refractivity contribution in [1.82, 2.24) is 15.1 Å². The second-order valence-electron chi connectivity index (χ2n) is 6.70. The molecule has 0 aliphatic carbocycles. The fourth-order valence-corrected chi connectivity index (χ4v) is 3.06. The van der Waals surface area contributed by atoms with E-state index in [9.17, 15) is 4.79 Å². The second-order valence-corrected chi connectivity index (χ2v) is 7.06. The molecule has 24 heavy (non-hydrogen) atoms. The third-order valence-electron chi connectivity index (χ3n) is 4.03. The van der Waals surface area contributed by atoms with Gasteiger partial charge in [0.05, 0.1) is 16.9 Å². The molecule has 5 heteroatoms. The summed E-state index contributed by atoms with van der Waals surface area (Å²) in [6.07, 6.45) is 3.24. The SMILES string of the molecule is Cc1nn(-c2ccccc2)c(Cl)c1C(=O)NC(C)CCCC(C)C. The van der Waals surface area contributed by atoms with Gasteiger partial charge in [0.15, 0.2) is 0 Å². The standard InChI is InChI=1S/C19H26ClN3O/c1-13(2)9-8-10-14(3)21-19(24)17-15(4)22-23(18(17)20)16-11-6-5-7-12-16/h5-7,11-14H,8-10H2,1-4H3,(H,21,24). The van der Waals surface area contributed by atoms with Crippen molar-refractivity contribution in [3.05, 3.63) is 46.7 Å². The van der Waals surface area contributed by atoms with Crippen molar-refractivity contribution in [3.8, 4) is 5.69 Å². The Labute approximate surface area is 149 Å². The average molecular weight is 348 g/mol. The lowest BCUT2D eigenvalue weighted by Gasteiger charge is -2.14. The molecule has 0 bridgehead atoms. The number of aryl methyl sites for hydroxylation is 1. The highest BCUT2D eigenvalue weighted by Crippen LogP contribution is 2.23. The monoisotopic (exact) mass is 347 g/mol. The summed E-state index contributed by atoms with van der Waals surface area (Å²) < 4.78 is 1.61. The first kappa shape index (κ1) is 18.5. The van der Waals surface area contributed by atoms with Crippen LogP contribution >= 0.6 is 11.6 Å². The number of hydrogen-bond acceptors (Lipinski definition) is 2. The molecule has 0 aliphatic heterocycles. The maximum atomic E-state index is 12.6. The van der Waals surface area contributed by atoms with Crippen LogP contribution in [0.3, 0.4) is 0 Å². The topological polar surface area (TPSA) is 46.9 Å². The van der Waals surface area contributed by atoms with Gasteiger partial charge in [-0.25, -0.2) is 4.68 Å². The maximum absolute atomic E-state index is 12.6. The second kappa shape index (κ2) is 8.34. The number of nitrogens with one attached hydrogen (secondary N) is 1. The van der Waals surface area contributed by atoms with Crippen LogP contribution < -0.4 is 5.32 Å². The molecular weight excluding hydrogens is 322 g/mol. The van der Waals surface area contributed by atoms with E-state index in [2.05, 4.69) is 24.3 Å². The molecule has 2 aromatic rings. The minimum atomic E-state index is -0.156. The van der Waals surface area contributed by atoms with Gasteiger partial charge in [0, 0.05) is 6.04 Å². The van der Waals surface area contributed by atoms with Crippen LogP contribution in [0.4, 0.5) is 0 Å². The summed E-state index contributed by atoms with van der Waals surface area (Å²) in [4.78, 5) is 12.6. The summed E-state index contributed by atoms with van der Waals surface area (Å²) in [7, 11) is 0. The highest BCUT2D eigenvalue weighted by Gasteiger charge is 2.22. The van der Waals surface area contributed by atoms with Crippen LogP contribution in [0.25, 0.3) is 5.69 Å². The molecule has 2 rings (SSSR count). The van der Waals surface area contributed by atoms with Crippen LogP contribution in [0.5, 0.6) is 0 Å². The van der Waals surface area contributed by atoms with Crippen LogP contribution in [-0.2, 0) is 0 Å². The van der Waals surface area contributed by atoms with Gasteiger partial charge >= 0.3 is 0 Å². The Balaban J connectivity index is 2.09. The zero-order chi connectivity index (χ0) is 17.7. The molecule has 1 aromatic carbocycles. The number of benzene rings is 1. The highest BCUT2D eigenvalue weighted by atomic mass is 35.5. The van der Waals surface area contributed by atoms with Crippen molar-refractivity contribution in [2.45, 2.75) is 53.0 Å². The van der Waals surface area contributed by atoms with Gasteiger partial charge in [0.25, 0.3) is 5.91 Å². The van der Waals surface area contributed by atoms with Crippen LogP contribution in [0, 0.1) is 12.8 Å². The van der Waals surface area contributed by atoms with Gasteiger partial charge in [-0.1, -0.05) is 56.5 Å². The van der Waals surface area contributed by atoms with E-state index in [0.717, 1.165) is 18.5 Å². The molecule has 1 atom stereocenters. The Morgan fingerprint density at radius 2 is 1.88 bits per heavy atom. The molecule has 0 saturated heterocycles. The summed E-state index contributed by atoms with van der Waals surface area (Å²) in [5, 5.41) is 7.81. The molecule has 0 radical (unpaired) electrons. The van der Waals surface area contributed by atoms with Crippen LogP contribution in [0.2, 0.25) is 5.15 Å². The van der Waals surface area contributed by atoms with E-state index in [0.29, 0.717) is 22.3 Å². The quantitative estimate of drug-likeness (QED) is 0.783. The fourth-order valence-electron chi connectivity index (χ4n) is 2.70. The van der Waals surface area contributed by atoms with Gasteiger partial charge in [0.1, 0.15) is 5.15 Å². The minimum Gasteiger partial charge on any atom is -0.349 e. The number of hydrogen-bond donors (Lipinski definition) is 1. The maximum Gasteiger partial charge on any atom is 0.256 e. The summed E-state index contributed by atoms with van der Waals surface area (Å²) in [5.41, 5.74) is 1.93. The molecule has 1 heterocycles. The van der Waals surface area contributed by atoms with Gasteiger partial charge in [-0.2, -0.15) is 5.10 Å². The molecule has 0 spiro atoms. The number of nitrogens with zero attached hydrogens (tertiary/aromatic N) is 2. The van der Waals surface area contributed by atoms with E-state index < -0.39 is 0 Å². The largest absolute Gasteiger partial charge is 0.349 e. The zero-order valence-electron chi connectivity index (χ0n) is 14.8. The predicted octanol–water partition coefficient (Wildman–Crippen LogP) is 4.78. The van der Waals surface area contributed by atoms with Crippen LogP contribution in [-0.4, -0.2) is 21.7 Å². The Morgan fingerprint density at radius 1 is 1.21 bits per heavy atom. The third kappa shape index (κ3) is 4.60. The Hall–Kier alpha value is -1.81. The number of carbonyl (C=O) groups is 1. The van der Waals surface area contributed by atoms with Crippen molar-refractivity contribution in [3.63, 3.8) is 0 Å². The van der Waals surface area contributed by atoms with E-state index in [1.54, 1.807) is 4.68 Å². The first-order valence-corrected chi connectivity index (χ1v) is 8.89. The molecular formula is C19H26ClN3O. The molecule has 1 N–H and O–H groups in total. The van der Waals surface area contributed by atoms with Gasteiger partial charge in [-0.3, -0.25) is 4.79 Å². The highest BCUT2D eigenvalue weighted by molar-refractivity contribution is 6.33. The van der Waals surface area contributed by atoms with Crippen LogP contribution in [0.15, 0.2) is 30.3 Å². The lowest BCUT2D eigenvalue weighted by atomic mass is 10.0. The predicted molar refractivity (Wildman–Crippen MR) is 98.9 cm³/mol. The molecule has 1 aromatic heterocycles. The Kier molecular flexibility index (Phi) is 6.44. The van der Waals surface area contributed by atoms with E-state index in [4.69, 9.17) is 11.6 Å². The van der Waals surface area contributed by atoms with Gasteiger partial charge in [-0.15, -0.1) is 0 Å². The first-order chi connectivity index (χ1) is 11.4. The van der Waals surface area contributed by atoms with Crippen molar-refractivity contribution in [2.75, 3.05) is 0 Å². The third-order valence-corrected chi connectivity index (χ3v) is 4.38. The molecule has 1 amide bonds. The number of carbonyl (C=O) groups excluding carboxylic acids is 1. The molecule has 0 aliphatic rings. The summed E-state index contributed by atoms with van der Waals surface area (Å²) in [5.74, 6) is 0.533. The molecule has 4 nitrogen and oxygen atoms in total. The van der Waals surface area contributed by atoms with Gasteiger partial charge < -0.3 is 5.32 Å². The zero-order valence-corrected chi connectivity index (χ0v) is 15.6. The minimum absolute atomic E-state index is 0.117. The molecule has 0 saturated carbocycles. The number of rotatable bonds is 7. The van der Waals surface area contributed by atoms with Crippen molar-refractivity contribution >= 4 is 17.5 Å². The lowest BCUT2D eigenvalue weighted by molar-refractivity contribution is 0.0937. The normalized spacial score (nSPS) is 12.4. The van der Waals surface area contributed by atoms with Crippen molar-refractivity contribution in [2.24, 2.45) is 5.92 Å². The number of para-hydroxylation sites is 1. The summed E-state index contributed by atoms with van der Waals surface area (Å²) in [6, 6.07) is 9.70. The summed E-state index contributed by atoms with van der Waals surface area (Å²) in [6.45, 7) is 8.27. The fraction of sp³-hybridized carbons (Fsp3) is 0.474. The van der Waals surface area contributed by atoms with E-state index >= 15 is 0 Å². The molecule has 130 valence electrons. The van der Waals surface area contributed by atoms with Crippen LogP contribution in [0.1, 0.15) is 56.1 Å². The van der Waals surface area contributed by atoms with E-state index in [1.165, 1.54) is 6.42 Å². The average Bonchev–Trinajstić information content (AvgIpc) is 2.82.